The van der Waals surface area contributed by atoms with Crippen molar-refractivity contribution in [1.82, 2.24) is 0 Å². The topological polar surface area (TPSA) is 71.4 Å². The molecular formula is C11H23F2HfN3Si. The summed E-state index contributed by atoms with van der Waals surface area (Å²) in [6.45, 7) is 6.88. The zero-order valence-electron chi connectivity index (χ0n) is 11.3. The summed E-state index contributed by atoms with van der Waals surface area (Å²) in [6.07, 6.45) is 0. The van der Waals surface area contributed by atoms with Crippen LogP contribution in [0.4, 0.5) is 8.22 Å². The summed E-state index contributed by atoms with van der Waals surface area (Å²) in [7, 11) is -3.48. The predicted molar refractivity (Wildman–Crippen MR) is 75.6 cm³/mol. The van der Waals surface area contributed by atoms with Crippen LogP contribution >= 0.6 is 0 Å². The van der Waals surface area contributed by atoms with E-state index in [4.69, 9.17) is 17.2 Å². The average molecular weight is 442 g/mol. The maximum atomic E-state index is 11.7. The van der Waals surface area contributed by atoms with Gasteiger partial charge in [0.15, 0.2) is 0 Å². The molecule has 104 valence electrons. The Balaban J connectivity index is -0.0000000840. The van der Waals surface area contributed by atoms with E-state index in [1.807, 2.05) is 0 Å². The van der Waals surface area contributed by atoms with Gasteiger partial charge >= 0.3 is 35.3 Å². The molecule has 0 bridgehead atoms. The summed E-state index contributed by atoms with van der Waals surface area (Å²) in [5, 5.41) is 0.241. The third-order valence-corrected chi connectivity index (χ3v) is 1.83. The minimum Gasteiger partial charge on any atom is -0.678 e. The second-order valence-corrected chi connectivity index (χ2v) is 3.85. The smallest absolute Gasteiger partial charge is 0.678 e. The molecule has 0 aromatic heterocycles. The summed E-state index contributed by atoms with van der Waals surface area (Å²) in [5.41, 5.74) is 18.6. The molecule has 0 aliphatic heterocycles. The molecule has 0 radical (unpaired) electrons. The molecule has 0 unspecified atom stereocenters. The number of halogens is 2. The van der Waals surface area contributed by atoms with E-state index in [2.05, 4.69) is 0 Å². The summed E-state index contributed by atoms with van der Waals surface area (Å²) >= 11 is 0. The fraction of sp³-hybridized carbons (Fsp3) is 0.545. The minimum atomic E-state index is -3.48. The van der Waals surface area contributed by atoms with Crippen LogP contribution in [-0.2, 0) is 25.8 Å². The van der Waals surface area contributed by atoms with E-state index in [1.54, 1.807) is 32.9 Å². The summed E-state index contributed by atoms with van der Waals surface area (Å²) in [5.74, 6) is 0. The molecule has 0 spiro atoms. The maximum absolute atomic E-state index is 11.7. The van der Waals surface area contributed by atoms with Gasteiger partial charge in [-0.15, -0.1) is 5.19 Å². The van der Waals surface area contributed by atoms with E-state index in [-0.39, 0.29) is 31.0 Å². The normalized spacial score (nSPS) is 7.61. The van der Waals surface area contributed by atoms with E-state index in [0.717, 1.165) is 0 Å². The van der Waals surface area contributed by atoms with Crippen LogP contribution in [0.15, 0.2) is 24.3 Å². The van der Waals surface area contributed by atoms with Crippen molar-refractivity contribution >= 4 is 14.7 Å². The Hall–Kier alpha value is 0.177. The van der Waals surface area contributed by atoms with Crippen LogP contribution in [-0.4, -0.2) is 29.1 Å². The molecule has 1 rings (SSSR count). The molecule has 0 aliphatic rings. The van der Waals surface area contributed by atoms with Crippen LogP contribution < -0.4 is 5.19 Å². The first-order chi connectivity index (χ1) is 8.05. The molecule has 3 nitrogen and oxygen atoms in total. The van der Waals surface area contributed by atoms with Gasteiger partial charge in [-0.25, -0.2) is 12.1 Å². The second kappa shape index (κ2) is 25.9. The Kier molecular flexibility index (Phi) is 38.4. The molecule has 0 heterocycles. The molecule has 0 fully saturated rings. The Morgan fingerprint density at radius 3 is 1.22 bits per heavy atom. The molecule has 18 heavy (non-hydrogen) atoms. The Labute approximate surface area is 130 Å². The van der Waals surface area contributed by atoms with Crippen LogP contribution in [0.5, 0.6) is 0 Å². The third kappa shape index (κ3) is 29.8. The molecular weight excluding hydrogens is 419 g/mol. The Morgan fingerprint density at radius 2 is 1.11 bits per heavy atom. The zero-order valence-corrected chi connectivity index (χ0v) is 16.0. The average Bonchev–Trinajstić information content (AvgIpc) is 2.73. The third-order valence-electron chi connectivity index (χ3n) is 0.940. The van der Waals surface area contributed by atoms with E-state index < -0.39 is 9.46 Å². The number of nitrogens with one attached hydrogen (secondary N) is 3. The van der Waals surface area contributed by atoms with Crippen molar-refractivity contribution in [2.24, 2.45) is 0 Å². The standard InChI is InChI=1S/C5H5F2Si.3C2H6N.Hf/c6-8(7)5-3-1-2-4-5;3*1-2-3;/h1-4,8H;3*3H,2H2,1H3;/q4*-1;+4. The van der Waals surface area contributed by atoms with Crippen molar-refractivity contribution in [2.45, 2.75) is 20.8 Å². The number of rotatable bonds is 1. The zero-order chi connectivity index (χ0) is 14.1. The molecule has 1 aromatic carbocycles. The quantitative estimate of drug-likeness (QED) is 0.360. The van der Waals surface area contributed by atoms with Gasteiger partial charge in [0.25, 0.3) is 0 Å². The Morgan fingerprint density at radius 1 is 0.889 bits per heavy atom. The second-order valence-electron chi connectivity index (χ2n) is 2.58. The number of hydrogen-bond acceptors (Lipinski definition) is 0. The maximum Gasteiger partial charge on any atom is 4.00 e. The van der Waals surface area contributed by atoms with E-state index in [9.17, 15) is 8.22 Å². The van der Waals surface area contributed by atoms with Crippen molar-refractivity contribution in [2.75, 3.05) is 19.6 Å². The first-order valence-electron chi connectivity index (χ1n) is 5.48. The van der Waals surface area contributed by atoms with Crippen molar-refractivity contribution < 1.29 is 34.1 Å². The van der Waals surface area contributed by atoms with E-state index in [0.29, 0.717) is 19.6 Å². The molecule has 0 saturated heterocycles. The van der Waals surface area contributed by atoms with Crippen molar-refractivity contribution in [3.05, 3.63) is 41.5 Å². The van der Waals surface area contributed by atoms with Gasteiger partial charge in [-0.2, -0.15) is 31.8 Å². The summed E-state index contributed by atoms with van der Waals surface area (Å²) in [6, 6.07) is 6.21. The molecule has 0 amide bonds. The van der Waals surface area contributed by atoms with Crippen molar-refractivity contribution in [3.8, 4) is 0 Å². The summed E-state index contributed by atoms with van der Waals surface area (Å²) < 4.78 is 23.5. The van der Waals surface area contributed by atoms with Gasteiger partial charge in [-0.05, 0) is 0 Å². The first-order valence-corrected chi connectivity index (χ1v) is 6.93. The summed E-state index contributed by atoms with van der Waals surface area (Å²) in [4.78, 5) is 0. The van der Waals surface area contributed by atoms with Crippen LogP contribution in [0.3, 0.4) is 0 Å². The predicted octanol–water partition coefficient (Wildman–Crippen LogP) is 3.95. The molecule has 3 N–H and O–H groups in total. The van der Waals surface area contributed by atoms with Crippen LogP contribution in [0.25, 0.3) is 17.2 Å². The van der Waals surface area contributed by atoms with Crippen LogP contribution in [0, 0.1) is 0 Å². The van der Waals surface area contributed by atoms with Gasteiger partial charge in [0.2, 0.25) is 0 Å². The van der Waals surface area contributed by atoms with Gasteiger partial charge in [0, 0.05) is 0 Å². The molecule has 0 saturated carbocycles. The van der Waals surface area contributed by atoms with Gasteiger partial charge in [-0.1, -0.05) is 20.8 Å². The van der Waals surface area contributed by atoms with E-state index >= 15 is 0 Å². The van der Waals surface area contributed by atoms with Crippen molar-refractivity contribution in [3.63, 3.8) is 0 Å². The molecule has 0 aliphatic carbocycles. The number of hydrogen-bond donors (Lipinski definition) is 0. The van der Waals surface area contributed by atoms with Gasteiger partial charge in [-0.3, -0.25) is 8.22 Å². The molecule has 7 heteroatoms. The largest absolute Gasteiger partial charge is 4.00 e. The first kappa shape index (κ1) is 26.7. The Bertz CT molecular complexity index is 195. The van der Waals surface area contributed by atoms with Gasteiger partial charge < -0.3 is 17.2 Å². The van der Waals surface area contributed by atoms with E-state index in [1.165, 1.54) is 12.1 Å². The van der Waals surface area contributed by atoms with Crippen LogP contribution in [0.1, 0.15) is 20.8 Å². The monoisotopic (exact) mass is 443 g/mol. The minimum absolute atomic E-state index is 0. The van der Waals surface area contributed by atoms with Gasteiger partial charge in [0.05, 0.1) is 0 Å². The molecule has 0 atom stereocenters. The fourth-order valence-electron chi connectivity index (χ4n) is 0.534. The molecule has 1 aromatic rings. The van der Waals surface area contributed by atoms with Crippen molar-refractivity contribution in [1.29, 1.82) is 0 Å². The SMILES string of the molecule is CC[NH-].CC[NH-].CC[NH-].F[SiH](F)[c-]1cccc1.[Hf+4]. The van der Waals surface area contributed by atoms with Gasteiger partial charge in [0.1, 0.15) is 0 Å². The fourth-order valence-corrected chi connectivity index (χ4v) is 1.05. The van der Waals surface area contributed by atoms with Crippen LogP contribution in [0.2, 0.25) is 0 Å².